The molecule has 1 aromatic rings. The third-order valence-electron chi connectivity index (χ3n) is 2.65. The summed E-state index contributed by atoms with van der Waals surface area (Å²) in [4.78, 5) is 2.48. The molecular weight excluding hydrogens is 186 g/mol. The summed E-state index contributed by atoms with van der Waals surface area (Å²) in [6.45, 7) is 6.48. The topological polar surface area (TPSA) is 15.8 Å². The molecule has 1 saturated heterocycles. The van der Waals surface area contributed by atoms with Crippen LogP contribution in [-0.4, -0.2) is 30.7 Å². The summed E-state index contributed by atoms with van der Waals surface area (Å²) in [5.74, 6) is 0. The van der Waals surface area contributed by atoms with Gasteiger partial charge in [0.2, 0.25) is 0 Å². The van der Waals surface area contributed by atoms with Crippen molar-refractivity contribution in [3.8, 4) is 0 Å². The van der Waals surface area contributed by atoms with E-state index in [-0.39, 0.29) is 0 Å². The van der Waals surface area contributed by atoms with E-state index in [1.54, 1.807) is 0 Å². The molecule has 2 nitrogen and oxygen atoms in total. The predicted octanol–water partition coefficient (Wildman–Crippen LogP) is 2.30. The molecule has 1 aliphatic rings. The molecule has 0 N–H and O–H groups in total. The molecule has 1 aliphatic heterocycles. The van der Waals surface area contributed by atoms with E-state index in [1.807, 2.05) is 0 Å². The first kappa shape index (κ1) is 10.7. The summed E-state index contributed by atoms with van der Waals surface area (Å²) in [6, 6.07) is 10.7. The molecule has 1 aromatic carbocycles. The number of epoxide rings is 1. The summed E-state index contributed by atoms with van der Waals surface area (Å²) >= 11 is 0. The predicted molar refractivity (Wildman–Crippen MR) is 61.8 cm³/mol. The Morgan fingerprint density at radius 1 is 1.33 bits per heavy atom. The number of rotatable bonds is 6. The van der Waals surface area contributed by atoms with Crippen molar-refractivity contribution in [3.63, 3.8) is 0 Å². The van der Waals surface area contributed by atoms with Crippen molar-refractivity contribution in [2.75, 3.05) is 19.7 Å². The zero-order chi connectivity index (χ0) is 10.5. The molecule has 0 aliphatic carbocycles. The SMILES string of the molecule is CCCN(Cc1ccccc1)CC1CO1. The third-order valence-corrected chi connectivity index (χ3v) is 2.65. The fourth-order valence-electron chi connectivity index (χ4n) is 1.85. The van der Waals surface area contributed by atoms with Gasteiger partial charge in [-0.3, -0.25) is 4.90 Å². The molecule has 82 valence electrons. The van der Waals surface area contributed by atoms with Crippen LogP contribution in [0.25, 0.3) is 0 Å². The van der Waals surface area contributed by atoms with E-state index < -0.39 is 0 Å². The average Bonchev–Trinajstić information content (AvgIpc) is 3.03. The second kappa shape index (κ2) is 5.29. The first-order valence-electron chi connectivity index (χ1n) is 5.76. The maximum Gasteiger partial charge on any atom is 0.0936 e. The van der Waals surface area contributed by atoms with Crippen molar-refractivity contribution in [2.24, 2.45) is 0 Å². The monoisotopic (exact) mass is 205 g/mol. The second-order valence-electron chi connectivity index (χ2n) is 4.18. The molecule has 1 fully saturated rings. The largest absolute Gasteiger partial charge is 0.372 e. The Hall–Kier alpha value is -0.860. The quantitative estimate of drug-likeness (QED) is 0.662. The van der Waals surface area contributed by atoms with E-state index in [9.17, 15) is 0 Å². The van der Waals surface area contributed by atoms with Gasteiger partial charge < -0.3 is 4.74 Å². The molecule has 2 heteroatoms. The highest BCUT2D eigenvalue weighted by Crippen LogP contribution is 2.13. The second-order valence-corrected chi connectivity index (χ2v) is 4.18. The van der Waals surface area contributed by atoms with E-state index >= 15 is 0 Å². The van der Waals surface area contributed by atoms with Gasteiger partial charge in [0, 0.05) is 13.1 Å². The normalized spacial score (nSPS) is 19.5. The lowest BCUT2D eigenvalue weighted by molar-refractivity contribution is 0.235. The van der Waals surface area contributed by atoms with Crippen LogP contribution in [0.15, 0.2) is 30.3 Å². The zero-order valence-electron chi connectivity index (χ0n) is 9.36. The van der Waals surface area contributed by atoms with Crippen molar-refractivity contribution in [2.45, 2.75) is 26.0 Å². The molecule has 15 heavy (non-hydrogen) atoms. The lowest BCUT2D eigenvalue weighted by atomic mass is 10.2. The smallest absolute Gasteiger partial charge is 0.0936 e. The summed E-state index contributed by atoms with van der Waals surface area (Å²) in [5.41, 5.74) is 1.40. The van der Waals surface area contributed by atoms with Gasteiger partial charge in [0.15, 0.2) is 0 Å². The molecular formula is C13H19NO. The van der Waals surface area contributed by atoms with E-state index in [2.05, 4.69) is 42.2 Å². The summed E-state index contributed by atoms with van der Waals surface area (Å²) in [7, 11) is 0. The summed E-state index contributed by atoms with van der Waals surface area (Å²) < 4.78 is 5.28. The highest BCUT2D eigenvalue weighted by molar-refractivity contribution is 5.14. The number of ether oxygens (including phenoxy) is 1. The van der Waals surface area contributed by atoms with E-state index in [1.165, 1.54) is 12.0 Å². The van der Waals surface area contributed by atoms with Crippen LogP contribution in [0.3, 0.4) is 0 Å². The lowest BCUT2D eigenvalue weighted by Gasteiger charge is -2.20. The van der Waals surface area contributed by atoms with Crippen LogP contribution in [-0.2, 0) is 11.3 Å². The Balaban J connectivity index is 1.87. The Morgan fingerprint density at radius 3 is 2.67 bits per heavy atom. The number of hydrogen-bond donors (Lipinski definition) is 0. The van der Waals surface area contributed by atoms with Crippen LogP contribution in [0, 0.1) is 0 Å². The van der Waals surface area contributed by atoms with E-state index in [0.717, 1.165) is 26.2 Å². The van der Waals surface area contributed by atoms with Crippen molar-refractivity contribution in [1.82, 2.24) is 4.90 Å². The van der Waals surface area contributed by atoms with Gasteiger partial charge in [-0.1, -0.05) is 37.3 Å². The molecule has 0 bridgehead atoms. The van der Waals surface area contributed by atoms with E-state index in [4.69, 9.17) is 4.74 Å². The molecule has 0 spiro atoms. The van der Waals surface area contributed by atoms with Gasteiger partial charge in [0.05, 0.1) is 12.7 Å². The van der Waals surface area contributed by atoms with Crippen LogP contribution in [0.2, 0.25) is 0 Å². The molecule has 1 atom stereocenters. The van der Waals surface area contributed by atoms with E-state index in [0.29, 0.717) is 6.10 Å². The van der Waals surface area contributed by atoms with Crippen LogP contribution >= 0.6 is 0 Å². The molecule has 2 rings (SSSR count). The van der Waals surface area contributed by atoms with Crippen molar-refractivity contribution >= 4 is 0 Å². The molecule has 0 radical (unpaired) electrons. The number of hydrogen-bond acceptors (Lipinski definition) is 2. The van der Waals surface area contributed by atoms with Crippen LogP contribution in [0.1, 0.15) is 18.9 Å². The first-order chi connectivity index (χ1) is 7.38. The maximum absolute atomic E-state index is 5.28. The Bertz CT molecular complexity index is 282. The molecule has 0 saturated carbocycles. The Labute approximate surface area is 91.9 Å². The van der Waals surface area contributed by atoms with Crippen molar-refractivity contribution in [3.05, 3.63) is 35.9 Å². The van der Waals surface area contributed by atoms with Crippen LogP contribution < -0.4 is 0 Å². The zero-order valence-corrected chi connectivity index (χ0v) is 9.36. The standard InChI is InChI=1S/C13H19NO/c1-2-8-14(10-13-11-15-13)9-12-6-4-3-5-7-12/h3-7,13H,2,8-11H2,1H3. The van der Waals surface area contributed by atoms with Crippen LogP contribution in [0.5, 0.6) is 0 Å². The minimum absolute atomic E-state index is 0.500. The third kappa shape index (κ3) is 3.65. The minimum Gasteiger partial charge on any atom is -0.372 e. The number of nitrogens with zero attached hydrogens (tertiary/aromatic N) is 1. The maximum atomic E-state index is 5.28. The minimum atomic E-state index is 0.500. The van der Waals surface area contributed by atoms with Gasteiger partial charge >= 0.3 is 0 Å². The highest BCUT2D eigenvalue weighted by atomic mass is 16.6. The number of benzene rings is 1. The van der Waals surface area contributed by atoms with Gasteiger partial charge in [-0.05, 0) is 18.5 Å². The Kier molecular flexibility index (Phi) is 3.75. The molecule has 0 aromatic heterocycles. The van der Waals surface area contributed by atoms with Gasteiger partial charge in [-0.25, -0.2) is 0 Å². The summed E-state index contributed by atoms with van der Waals surface area (Å²) in [6.07, 6.45) is 1.71. The molecule has 1 unspecified atom stereocenters. The van der Waals surface area contributed by atoms with Gasteiger partial charge in [0.25, 0.3) is 0 Å². The van der Waals surface area contributed by atoms with Crippen molar-refractivity contribution < 1.29 is 4.74 Å². The van der Waals surface area contributed by atoms with Gasteiger partial charge in [-0.15, -0.1) is 0 Å². The molecule has 1 heterocycles. The van der Waals surface area contributed by atoms with Gasteiger partial charge in [0.1, 0.15) is 0 Å². The summed E-state index contributed by atoms with van der Waals surface area (Å²) in [5, 5.41) is 0. The highest BCUT2D eigenvalue weighted by Gasteiger charge is 2.24. The van der Waals surface area contributed by atoms with Gasteiger partial charge in [-0.2, -0.15) is 0 Å². The average molecular weight is 205 g/mol. The lowest BCUT2D eigenvalue weighted by Crippen LogP contribution is -2.28. The fourth-order valence-corrected chi connectivity index (χ4v) is 1.85. The Morgan fingerprint density at radius 2 is 2.07 bits per heavy atom. The first-order valence-corrected chi connectivity index (χ1v) is 5.76. The van der Waals surface area contributed by atoms with Crippen LogP contribution in [0.4, 0.5) is 0 Å². The molecule has 0 amide bonds. The fraction of sp³-hybridized carbons (Fsp3) is 0.538. The van der Waals surface area contributed by atoms with Crippen molar-refractivity contribution in [1.29, 1.82) is 0 Å².